The summed E-state index contributed by atoms with van der Waals surface area (Å²) >= 11 is 6.42. The largest absolute Gasteiger partial charge is 0.503 e. The van der Waals surface area contributed by atoms with Crippen LogP contribution in [0.15, 0.2) is 34.7 Å². The standard InChI is InChI=1S/C28H36ClNO4/c1-7-9-30-18-12-27(3,4)14-20(31)24(18)23(25-19(30)13-28(5,6)15-21(25)32)16-10-17(29)26(33)22(11-16)34-8-2/h10-11,23,33H,7-9,12-15H2,1-6H3. The normalized spacial score (nSPS) is 22.1. The predicted octanol–water partition coefficient (Wildman–Crippen LogP) is 6.54. The van der Waals surface area contributed by atoms with Crippen LogP contribution in [-0.4, -0.2) is 34.7 Å². The third-order valence-corrected chi connectivity index (χ3v) is 7.44. The van der Waals surface area contributed by atoms with Gasteiger partial charge in [0.05, 0.1) is 11.6 Å². The Balaban J connectivity index is 2.02. The smallest absolute Gasteiger partial charge is 0.176 e. The number of rotatable bonds is 5. The second-order valence-corrected chi connectivity index (χ2v) is 11.9. The number of benzene rings is 1. The molecule has 1 aromatic carbocycles. The lowest BCUT2D eigenvalue weighted by Gasteiger charge is -2.49. The SMILES string of the molecule is CCCN1C2=C(C(=O)CC(C)(C)C2)C(c2cc(Cl)c(O)c(OCC)c2)C2=C1CC(C)(C)CC2=O. The van der Waals surface area contributed by atoms with Gasteiger partial charge in [-0.15, -0.1) is 0 Å². The van der Waals surface area contributed by atoms with E-state index in [4.69, 9.17) is 16.3 Å². The number of halogens is 1. The highest BCUT2D eigenvalue weighted by atomic mass is 35.5. The summed E-state index contributed by atoms with van der Waals surface area (Å²) in [4.78, 5) is 29.7. The molecule has 0 bridgehead atoms. The van der Waals surface area contributed by atoms with E-state index < -0.39 is 5.92 Å². The van der Waals surface area contributed by atoms with Crippen LogP contribution in [0.3, 0.4) is 0 Å². The predicted molar refractivity (Wildman–Crippen MR) is 134 cm³/mol. The molecule has 0 amide bonds. The number of carbonyl (C=O) groups excluding carboxylic acids is 2. The van der Waals surface area contributed by atoms with E-state index in [0.717, 1.165) is 42.8 Å². The summed E-state index contributed by atoms with van der Waals surface area (Å²) in [6.07, 6.45) is 3.35. The zero-order valence-corrected chi connectivity index (χ0v) is 21.9. The van der Waals surface area contributed by atoms with Crippen molar-refractivity contribution in [1.82, 2.24) is 4.90 Å². The molecule has 0 spiro atoms. The molecule has 0 atom stereocenters. The van der Waals surface area contributed by atoms with Crippen molar-refractivity contribution in [2.45, 2.75) is 79.6 Å². The minimum atomic E-state index is -0.498. The van der Waals surface area contributed by atoms with Crippen molar-refractivity contribution >= 4 is 23.2 Å². The van der Waals surface area contributed by atoms with Crippen LogP contribution >= 0.6 is 11.6 Å². The molecule has 3 aliphatic rings. The molecule has 1 aliphatic heterocycles. The second-order valence-electron chi connectivity index (χ2n) is 11.5. The Kier molecular flexibility index (Phi) is 6.39. The minimum absolute atomic E-state index is 0.0868. The van der Waals surface area contributed by atoms with Crippen LogP contribution in [0.5, 0.6) is 11.5 Å². The van der Waals surface area contributed by atoms with E-state index in [1.54, 1.807) is 12.1 Å². The van der Waals surface area contributed by atoms with Crippen LogP contribution in [0, 0.1) is 10.8 Å². The Hall–Kier alpha value is -2.27. The lowest BCUT2D eigenvalue weighted by atomic mass is 9.63. The molecule has 5 nitrogen and oxygen atoms in total. The van der Waals surface area contributed by atoms with Gasteiger partial charge in [-0.2, -0.15) is 0 Å². The van der Waals surface area contributed by atoms with Gasteiger partial charge in [0.15, 0.2) is 23.1 Å². The van der Waals surface area contributed by atoms with Crippen LogP contribution in [0.1, 0.15) is 85.1 Å². The van der Waals surface area contributed by atoms with Gasteiger partial charge in [-0.1, -0.05) is 46.2 Å². The number of hydrogen-bond donors (Lipinski definition) is 1. The number of ketones is 2. The maximum atomic E-state index is 13.7. The molecule has 1 aromatic rings. The summed E-state index contributed by atoms with van der Waals surface area (Å²) in [7, 11) is 0. The monoisotopic (exact) mass is 485 g/mol. The van der Waals surface area contributed by atoms with E-state index in [0.29, 0.717) is 30.6 Å². The van der Waals surface area contributed by atoms with Gasteiger partial charge in [0.2, 0.25) is 0 Å². The van der Waals surface area contributed by atoms with Gasteiger partial charge in [-0.05, 0) is 54.7 Å². The lowest BCUT2D eigenvalue weighted by Crippen LogP contribution is -2.44. The number of Topliss-reactive ketones (excluding diaryl/α,β-unsaturated/α-hetero) is 2. The lowest BCUT2D eigenvalue weighted by molar-refractivity contribution is -0.119. The van der Waals surface area contributed by atoms with Gasteiger partial charge >= 0.3 is 0 Å². The zero-order valence-electron chi connectivity index (χ0n) is 21.2. The quantitative estimate of drug-likeness (QED) is 0.512. The Bertz CT molecular complexity index is 1060. The highest BCUT2D eigenvalue weighted by Gasteiger charge is 2.49. The second kappa shape index (κ2) is 8.75. The molecule has 1 heterocycles. The van der Waals surface area contributed by atoms with Gasteiger partial charge in [-0.3, -0.25) is 9.59 Å². The molecule has 0 aromatic heterocycles. The first-order valence-electron chi connectivity index (χ1n) is 12.3. The third-order valence-electron chi connectivity index (χ3n) is 7.15. The van der Waals surface area contributed by atoms with Crippen molar-refractivity contribution in [3.05, 3.63) is 45.3 Å². The maximum Gasteiger partial charge on any atom is 0.176 e. The molecule has 1 N–H and O–H groups in total. The number of phenols is 1. The molecular formula is C28H36ClNO4. The average molecular weight is 486 g/mol. The van der Waals surface area contributed by atoms with Gasteiger partial charge in [-0.25, -0.2) is 0 Å². The molecule has 6 heteroatoms. The van der Waals surface area contributed by atoms with Gasteiger partial charge in [0.1, 0.15) is 0 Å². The molecular weight excluding hydrogens is 450 g/mol. The number of nitrogens with zero attached hydrogens (tertiary/aromatic N) is 1. The highest BCUT2D eigenvalue weighted by Crippen LogP contribution is 2.55. The number of allylic oxidation sites excluding steroid dienone is 4. The number of hydrogen-bond acceptors (Lipinski definition) is 5. The number of aromatic hydroxyl groups is 1. The summed E-state index contributed by atoms with van der Waals surface area (Å²) in [5.74, 6) is -0.168. The Morgan fingerprint density at radius 2 is 1.50 bits per heavy atom. The van der Waals surface area contributed by atoms with Crippen LogP contribution in [0.4, 0.5) is 0 Å². The molecule has 4 rings (SSSR count). The van der Waals surface area contributed by atoms with Gasteiger partial charge in [0.25, 0.3) is 0 Å². The molecule has 34 heavy (non-hydrogen) atoms. The first kappa shape index (κ1) is 24.8. The van der Waals surface area contributed by atoms with Gasteiger partial charge < -0.3 is 14.7 Å². The molecule has 0 unspecified atom stereocenters. The van der Waals surface area contributed by atoms with Crippen molar-refractivity contribution in [2.24, 2.45) is 10.8 Å². The summed E-state index contributed by atoms with van der Waals surface area (Å²) in [5, 5.41) is 10.6. The summed E-state index contributed by atoms with van der Waals surface area (Å²) in [6, 6.07) is 3.44. The Morgan fingerprint density at radius 1 is 0.971 bits per heavy atom. The summed E-state index contributed by atoms with van der Waals surface area (Å²) in [5.41, 5.74) is 3.93. The minimum Gasteiger partial charge on any atom is -0.503 e. The highest BCUT2D eigenvalue weighted by molar-refractivity contribution is 6.32. The average Bonchev–Trinajstić information content (AvgIpc) is 2.70. The van der Waals surface area contributed by atoms with Crippen molar-refractivity contribution < 1.29 is 19.4 Å². The van der Waals surface area contributed by atoms with Crippen molar-refractivity contribution in [1.29, 1.82) is 0 Å². The fourth-order valence-corrected chi connectivity index (χ4v) is 6.12. The first-order valence-corrected chi connectivity index (χ1v) is 12.7. The number of phenolic OH excluding ortho intramolecular Hbond substituents is 1. The molecule has 184 valence electrons. The van der Waals surface area contributed by atoms with Crippen LogP contribution in [0.25, 0.3) is 0 Å². The van der Waals surface area contributed by atoms with E-state index in [1.807, 2.05) is 6.92 Å². The first-order chi connectivity index (χ1) is 15.9. The van der Waals surface area contributed by atoms with E-state index >= 15 is 0 Å². The fraction of sp³-hybridized carbons (Fsp3) is 0.571. The maximum absolute atomic E-state index is 13.7. The van der Waals surface area contributed by atoms with Crippen LogP contribution in [-0.2, 0) is 9.59 Å². The van der Waals surface area contributed by atoms with Crippen molar-refractivity contribution in [3.63, 3.8) is 0 Å². The third kappa shape index (κ3) is 4.28. The van der Waals surface area contributed by atoms with E-state index in [-0.39, 0.29) is 38.9 Å². The molecule has 0 radical (unpaired) electrons. The molecule has 0 saturated carbocycles. The van der Waals surface area contributed by atoms with E-state index in [2.05, 4.69) is 39.5 Å². The molecule has 0 saturated heterocycles. The van der Waals surface area contributed by atoms with Gasteiger partial charge in [0, 0.05) is 47.8 Å². The van der Waals surface area contributed by atoms with Crippen LogP contribution in [0.2, 0.25) is 5.02 Å². The summed E-state index contributed by atoms with van der Waals surface area (Å²) < 4.78 is 5.65. The van der Waals surface area contributed by atoms with Crippen molar-refractivity contribution in [3.8, 4) is 11.5 Å². The van der Waals surface area contributed by atoms with E-state index in [9.17, 15) is 14.7 Å². The van der Waals surface area contributed by atoms with E-state index in [1.165, 1.54) is 0 Å². The number of ether oxygens (including phenoxy) is 1. The molecule has 0 fully saturated rings. The van der Waals surface area contributed by atoms with Crippen LogP contribution < -0.4 is 4.74 Å². The van der Waals surface area contributed by atoms with Crippen molar-refractivity contribution in [2.75, 3.05) is 13.2 Å². The zero-order chi connectivity index (χ0) is 25.0. The topological polar surface area (TPSA) is 66.8 Å². The fourth-order valence-electron chi connectivity index (χ4n) is 5.90. The number of carbonyl (C=O) groups is 2. The Morgan fingerprint density at radius 3 is 1.97 bits per heavy atom. The summed E-state index contributed by atoms with van der Waals surface area (Å²) in [6.45, 7) is 13.7. The Labute approximate surface area is 207 Å². The molecule has 2 aliphatic carbocycles.